The smallest absolute Gasteiger partial charge is 0.166 e. The Labute approximate surface area is 362 Å². The molecule has 14 rings (SSSR count). The summed E-state index contributed by atoms with van der Waals surface area (Å²) in [7, 11) is 0. The van der Waals surface area contributed by atoms with Crippen molar-refractivity contribution in [3.8, 4) is 51.0 Å². The van der Waals surface area contributed by atoms with Crippen molar-refractivity contribution in [3.63, 3.8) is 0 Å². The highest BCUT2D eigenvalue weighted by atomic mass is 15.1. The van der Waals surface area contributed by atoms with Gasteiger partial charge in [0.1, 0.15) is 0 Å². The van der Waals surface area contributed by atoms with Crippen LogP contribution in [0.1, 0.15) is 25.0 Å². The van der Waals surface area contributed by atoms with E-state index in [1.54, 1.807) is 0 Å². The third kappa shape index (κ3) is 4.63. The average molecular weight is 804 g/mol. The van der Waals surface area contributed by atoms with Crippen molar-refractivity contribution >= 4 is 70.7 Å². The Kier molecular flexibility index (Phi) is 6.84. The number of hydrogen-bond donors (Lipinski definition) is 0. The van der Waals surface area contributed by atoms with Gasteiger partial charge in [-0.2, -0.15) is 0 Å². The van der Waals surface area contributed by atoms with Crippen molar-refractivity contribution < 1.29 is 0 Å². The van der Waals surface area contributed by atoms with Gasteiger partial charge in [0.2, 0.25) is 0 Å². The first kappa shape index (κ1) is 34.6. The summed E-state index contributed by atoms with van der Waals surface area (Å²) in [6.45, 7) is 4.64. The van der Waals surface area contributed by atoms with Crippen molar-refractivity contribution in [1.82, 2.24) is 23.9 Å². The summed E-state index contributed by atoms with van der Waals surface area (Å²) in [5, 5.41) is 9.78. The van der Waals surface area contributed by atoms with Crippen LogP contribution in [-0.2, 0) is 5.41 Å². The third-order valence-electron chi connectivity index (χ3n) is 13.9. The Morgan fingerprint density at radius 3 is 1.86 bits per heavy atom. The van der Waals surface area contributed by atoms with E-state index in [1.807, 2.05) is 0 Å². The fourth-order valence-electron chi connectivity index (χ4n) is 11.1. The molecule has 0 aliphatic heterocycles. The molecule has 1 aliphatic carbocycles. The minimum Gasteiger partial charge on any atom is -0.308 e. The summed E-state index contributed by atoms with van der Waals surface area (Å²) < 4.78 is 4.92. The van der Waals surface area contributed by atoms with E-state index >= 15 is 0 Å². The number of nitrogens with zero attached hydrogens (tertiary/aromatic N) is 5. The summed E-state index contributed by atoms with van der Waals surface area (Å²) in [5.74, 6) is 1.92. The maximum absolute atomic E-state index is 5.50. The summed E-state index contributed by atoms with van der Waals surface area (Å²) in [5.41, 5.74) is 14.6. The van der Waals surface area contributed by atoms with Crippen molar-refractivity contribution in [3.05, 3.63) is 199 Å². The lowest BCUT2D eigenvalue weighted by molar-refractivity contribution is 0.660. The SMILES string of the molecule is CC1(C)c2ccccc2-c2c(-c3nc(-c4ccc5ccccc5c4)nc(-c4ccccc4-n4c5cccc6c7cccc8c9ccccc9n(c9cccc4c9c65)c78)n3)cccc21. The molecule has 0 unspecified atom stereocenters. The molecule has 9 aromatic carbocycles. The van der Waals surface area contributed by atoms with Crippen LogP contribution in [0.4, 0.5) is 0 Å². The van der Waals surface area contributed by atoms with Crippen LogP contribution in [0.3, 0.4) is 0 Å². The Hall–Kier alpha value is -8.15. The highest BCUT2D eigenvalue weighted by Crippen LogP contribution is 2.52. The Balaban J connectivity index is 1.07. The van der Waals surface area contributed by atoms with Crippen molar-refractivity contribution in [1.29, 1.82) is 0 Å². The highest BCUT2D eigenvalue weighted by molar-refractivity contribution is 6.31. The van der Waals surface area contributed by atoms with E-state index in [0.29, 0.717) is 17.5 Å². The van der Waals surface area contributed by atoms with Gasteiger partial charge in [0.05, 0.1) is 33.3 Å². The number of hydrogen-bond acceptors (Lipinski definition) is 3. The topological polar surface area (TPSA) is 48.0 Å². The van der Waals surface area contributed by atoms with Crippen LogP contribution in [0.2, 0.25) is 0 Å². The predicted molar refractivity (Wildman–Crippen MR) is 260 cm³/mol. The second-order valence-electron chi connectivity index (χ2n) is 17.5. The number of aromatic nitrogens is 5. The Morgan fingerprint density at radius 1 is 0.397 bits per heavy atom. The molecule has 0 spiro atoms. The molecule has 0 N–H and O–H groups in total. The lowest BCUT2D eigenvalue weighted by atomic mass is 9.82. The van der Waals surface area contributed by atoms with Crippen LogP contribution >= 0.6 is 0 Å². The van der Waals surface area contributed by atoms with E-state index in [-0.39, 0.29) is 5.41 Å². The van der Waals surface area contributed by atoms with Gasteiger partial charge in [-0.25, -0.2) is 15.0 Å². The van der Waals surface area contributed by atoms with Gasteiger partial charge in [-0.3, -0.25) is 0 Å². The maximum atomic E-state index is 5.50. The molecule has 294 valence electrons. The summed E-state index contributed by atoms with van der Waals surface area (Å²) >= 11 is 0. The van der Waals surface area contributed by atoms with Crippen LogP contribution in [0.25, 0.3) is 122 Å². The summed E-state index contributed by atoms with van der Waals surface area (Å²) in [6, 6.07) is 68.1. The van der Waals surface area contributed by atoms with Crippen LogP contribution in [0.15, 0.2) is 188 Å². The van der Waals surface area contributed by atoms with Gasteiger partial charge < -0.3 is 8.97 Å². The maximum Gasteiger partial charge on any atom is 0.166 e. The molecule has 13 aromatic rings. The Bertz CT molecular complexity index is 4070. The van der Waals surface area contributed by atoms with Gasteiger partial charge in [0.25, 0.3) is 0 Å². The molecule has 0 radical (unpaired) electrons. The summed E-state index contributed by atoms with van der Waals surface area (Å²) in [6.07, 6.45) is 0. The van der Waals surface area contributed by atoms with Crippen LogP contribution < -0.4 is 0 Å². The molecule has 0 amide bonds. The lowest BCUT2D eigenvalue weighted by Crippen LogP contribution is -2.14. The predicted octanol–water partition coefficient (Wildman–Crippen LogP) is 14.6. The second-order valence-corrected chi connectivity index (χ2v) is 17.5. The molecule has 4 heterocycles. The quantitative estimate of drug-likeness (QED) is 0.178. The lowest BCUT2D eigenvalue weighted by Gasteiger charge is -2.21. The monoisotopic (exact) mass is 803 g/mol. The van der Waals surface area contributed by atoms with Crippen LogP contribution in [0, 0.1) is 0 Å². The molecule has 0 fully saturated rings. The van der Waals surface area contributed by atoms with Crippen molar-refractivity contribution in [2.75, 3.05) is 0 Å². The van der Waals surface area contributed by atoms with E-state index in [1.165, 1.54) is 76.5 Å². The molecule has 0 bridgehead atoms. The number of rotatable bonds is 4. The van der Waals surface area contributed by atoms with Gasteiger partial charge in [0.15, 0.2) is 17.5 Å². The van der Waals surface area contributed by atoms with Gasteiger partial charge >= 0.3 is 0 Å². The molecular weight excluding hydrogens is 767 g/mol. The zero-order valence-corrected chi connectivity index (χ0v) is 34.6. The molecule has 4 aromatic heterocycles. The highest BCUT2D eigenvalue weighted by Gasteiger charge is 2.37. The first-order valence-electron chi connectivity index (χ1n) is 21.7. The van der Waals surface area contributed by atoms with Crippen molar-refractivity contribution in [2.45, 2.75) is 19.3 Å². The largest absolute Gasteiger partial charge is 0.308 e. The first-order chi connectivity index (χ1) is 31.0. The minimum absolute atomic E-state index is 0.165. The molecule has 0 atom stereocenters. The third-order valence-corrected chi connectivity index (χ3v) is 13.9. The van der Waals surface area contributed by atoms with E-state index in [0.717, 1.165) is 38.8 Å². The molecule has 63 heavy (non-hydrogen) atoms. The number of benzene rings is 9. The standard InChI is InChI=1S/C58H37N5/c1-58(2)44-24-8-5-18-41(44)51-43(23-12-25-45(51)58)57-60-55(36-32-31-34-15-3-4-16-35(34)33-36)59-56(61-57)42-19-7-10-27-47(42)62-48-28-13-20-38-40-22-11-21-39-37-17-6-9-26-46(37)63(54(39)40)50-30-14-29-49(62)53(50)52(38)48/h3-33H,1-2H3. The van der Waals surface area contributed by atoms with Gasteiger partial charge in [0, 0.05) is 49.0 Å². The van der Waals surface area contributed by atoms with E-state index in [2.05, 4.69) is 211 Å². The molecule has 0 saturated carbocycles. The van der Waals surface area contributed by atoms with Crippen molar-refractivity contribution in [2.24, 2.45) is 0 Å². The number of fused-ring (bicyclic) bond motifs is 9. The van der Waals surface area contributed by atoms with Gasteiger partial charge in [-0.1, -0.05) is 159 Å². The van der Waals surface area contributed by atoms with E-state index < -0.39 is 0 Å². The summed E-state index contributed by atoms with van der Waals surface area (Å²) in [4.78, 5) is 16.3. The first-order valence-corrected chi connectivity index (χ1v) is 21.7. The average Bonchev–Trinajstić information content (AvgIpc) is 3.91. The van der Waals surface area contributed by atoms with Gasteiger partial charge in [-0.05, 0) is 80.9 Å². The molecule has 0 saturated heterocycles. The zero-order valence-electron chi connectivity index (χ0n) is 34.6. The molecule has 5 heteroatoms. The normalized spacial score (nSPS) is 13.4. The second kappa shape index (κ2) is 12.5. The molecular formula is C58H37N5. The van der Waals surface area contributed by atoms with Crippen LogP contribution in [0.5, 0.6) is 0 Å². The van der Waals surface area contributed by atoms with E-state index in [4.69, 9.17) is 15.0 Å². The minimum atomic E-state index is -0.165. The number of para-hydroxylation sites is 3. The fourth-order valence-corrected chi connectivity index (χ4v) is 11.1. The van der Waals surface area contributed by atoms with E-state index in [9.17, 15) is 0 Å². The molecule has 1 aliphatic rings. The van der Waals surface area contributed by atoms with Crippen LogP contribution in [-0.4, -0.2) is 23.9 Å². The Morgan fingerprint density at radius 2 is 0.968 bits per heavy atom. The fraction of sp³-hybridized carbons (Fsp3) is 0.0517. The molecule has 5 nitrogen and oxygen atoms in total. The zero-order chi connectivity index (χ0) is 41.6. The van der Waals surface area contributed by atoms with Gasteiger partial charge in [-0.15, -0.1) is 0 Å².